The molecule has 1 heterocycles. The monoisotopic (exact) mass is 381 g/mol. The van der Waals surface area contributed by atoms with Crippen molar-refractivity contribution in [2.75, 3.05) is 0 Å². The van der Waals surface area contributed by atoms with Crippen LogP contribution in [0.25, 0.3) is 21.8 Å². The minimum Gasteiger partial charge on any atom is -0.336 e. The molecule has 26 heavy (non-hydrogen) atoms. The van der Waals surface area contributed by atoms with Crippen molar-refractivity contribution in [3.63, 3.8) is 0 Å². The van der Waals surface area contributed by atoms with E-state index < -0.39 is 0 Å². The smallest absolute Gasteiger partial charge is 0.150 e. The van der Waals surface area contributed by atoms with Crippen LogP contribution in [0.2, 0.25) is 10.0 Å². The summed E-state index contributed by atoms with van der Waals surface area (Å²) in [5.41, 5.74) is 4.18. The van der Waals surface area contributed by atoms with Gasteiger partial charge in [-0.3, -0.25) is 9.59 Å². The normalized spacial score (nSPS) is 11.2. The first-order valence-electron chi connectivity index (χ1n) is 8.01. The number of halogens is 2. The summed E-state index contributed by atoms with van der Waals surface area (Å²) >= 11 is 12.2. The van der Waals surface area contributed by atoms with Gasteiger partial charge in [0.05, 0.1) is 10.0 Å². The molecule has 0 fully saturated rings. The number of carbonyl (C=O) groups is 2. The van der Waals surface area contributed by atoms with Gasteiger partial charge in [-0.1, -0.05) is 29.3 Å². The van der Waals surface area contributed by atoms with Crippen LogP contribution in [-0.4, -0.2) is 17.1 Å². The number of benzene rings is 3. The first kappa shape index (κ1) is 16.8. The van der Waals surface area contributed by atoms with Crippen LogP contribution in [0.4, 0.5) is 0 Å². The highest BCUT2D eigenvalue weighted by Crippen LogP contribution is 2.32. The second-order valence-corrected chi connectivity index (χ2v) is 6.94. The second-order valence-electron chi connectivity index (χ2n) is 6.12. The molecule has 0 N–H and O–H groups in total. The number of fused-ring (bicyclic) bond motifs is 3. The van der Waals surface area contributed by atoms with Crippen LogP contribution < -0.4 is 0 Å². The zero-order chi connectivity index (χ0) is 18.3. The number of nitrogens with zero attached hydrogens (tertiary/aromatic N) is 1. The molecule has 4 rings (SSSR count). The molecule has 3 aromatic carbocycles. The first-order valence-corrected chi connectivity index (χ1v) is 8.76. The van der Waals surface area contributed by atoms with Crippen molar-refractivity contribution < 1.29 is 9.59 Å². The van der Waals surface area contributed by atoms with Gasteiger partial charge in [0, 0.05) is 39.5 Å². The van der Waals surface area contributed by atoms with E-state index in [9.17, 15) is 9.59 Å². The van der Waals surface area contributed by atoms with Gasteiger partial charge in [0.15, 0.2) is 0 Å². The molecule has 0 radical (unpaired) electrons. The minimum absolute atomic E-state index is 0.511. The van der Waals surface area contributed by atoms with Crippen LogP contribution in [0.5, 0.6) is 0 Å². The fourth-order valence-corrected chi connectivity index (χ4v) is 3.60. The van der Waals surface area contributed by atoms with Gasteiger partial charge in [-0.15, -0.1) is 0 Å². The number of aldehydes is 2. The van der Waals surface area contributed by atoms with Crippen LogP contribution in [-0.2, 0) is 6.54 Å². The molecule has 0 unspecified atom stereocenters. The number of rotatable bonds is 4. The van der Waals surface area contributed by atoms with Crippen molar-refractivity contribution in [1.29, 1.82) is 0 Å². The predicted octanol–water partition coefficient (Wildman–Crippen LogP) is 5.77. The lowest BCUT2D eigenvalue weighted by atomic mass is 10.1. The van der Waals surface area contributed by atoms with Crippen LogP contribution >= 0.6 is 23.2 Å². The molecule has 3 nitrogen and oxygen atoms in total. The number of hydrogen-bond acceptors (Lipinski definition) is 2. The largest absolute Gasteiger partial charge is 0.336 e. The van der Waals surface area contributed by atoms with Gasteiger partial charge in [-0.05, 0) is 54.1 Å². The Kier molecular flexibility index (Phi) is 4.27. The van der Waals surface area contributed by atoms with Crippen LogP contribution in [0.1, 0.15) is 26.3 Å². The molecule has 0 spiro atoms. The van der Waals surface area contributed by atoms with Gasteiger partial charge in [-0.25, -0.2) is 0 Å². The molecule has 4 aromatic rings. The van der Waals surface area contributed by atoms with Crippen molar-refractivity contribution in [2.24, 2.45) is 0 Å². The highest BCUT2D eigenvalue weighted by Gasteiger charge is 2.13. The van der Waals surface area contributed by atoms with Crippen molar-refractivity contribution in [3.8, 4) is 0 Å². The summed E-state index contributed by atoms with van der Waals surface area (Å²) < 4.78 is 2.15. The lowest BCUT2D eigenvalue weighted by molar-refractivity contribution is 0.111. The van der Waals surface area contributed by atoms with Crippen LogP contribution in [0.3, 0.4) is 0 Å². The summed E-state index contributed by atoms with van der Waals surface area (Å²) in [6, 6.07) is 16.7. The Morgan fingerprint density at radius 3 is 1.81 bits per heavy atom. The average molecular weight is 382 g/mol. The highest BCUT2D eigenvalue weighted by molar-refractivity contribution is 6.42. The van der Waals surface area contributed by atoms with E-state index in [1.807, 2.05) is 36.4 Å². The molecule has 0 aliphatic rings. The molecular weight excluding hydrogens is 369 g/mol. The fourth-order valence-electron chi connectivity index (χ4n) is 3.28. The Hall–Kier alpha value is -2.62. The Morgan fingerprint density at radius 2 is 1.31 bits per heavy atom. The highest BCUT2D eigenvalue weighted by atomic mass is 35.5. The predicted molar refractivity (Wildman–Crippen MR) is 106 cm³/mol. The summed E-state index contributed by atoms with van der Waals surface area (Å²) in [4.78, 5) is 22.4. The maximum Gasteiger partial charge on any atom is 0.150 e. The molecule has 128 valence electrons. The van der Waals surface area contributed by atoms with Gasteiger partial charge >= 0.3 is 0 Å². The van der Waals surface area contributed by atoms with E-state index >= 15 is 0 Å². The molecule has 1 aromatic heterocycles. The van der Waals surface area contributed by atoms with Gasteiger partial charge in [0.25, 0.3) is 0 Å². The molecule has 0 saturated heterocycles. The van der Waals surface area contributed by atoms with E-state index in [0.29, 0.717) is 27.7 Å². The van der Waals surface area contributed by atoms with Gasteiger partial charge in [0.1, 0.15) is 12.6 Å². The molecule has 0 aliphatic carbocycles. The van der Waals surface area contributed by atoms with Crippen molar-refractivity contribution in [2.45, 2.75) is 6.54 Å². The maximum atomic E-state index is 11.2. The zero-order valence-corrected chi connectivity index (χ0v) is 15.1. The zero-order valence-electron chi connectivity index (χ0n) is 13.6. The summed E-state index contributed by atoms with van der Waals surface area (Å²) in [5, 5.41) is 2.90. The van der Waals surface area contributed by atoms with E-state index in [0.717, 1.165) is 39.9 Å². The van der Waals surface area contributed by atoms with Gasteiger partial charge in [-0.2, -0.15) is 0 Å². The Labute approximate surface area is 159 Å². The summed E-state index contributed by atoms with van der Waals surface area (Å²) in [6.07, 6.45) is 1.65. The lowest BCUT2D eigenvalue weighted by Gasteiger charge is -2.09. The molecule has 5 heteroatoms. The third-order valence-corrected chi connectivity index (χ3v) is 5.25. The van der Waals surface area contributed by atoms with Crippen molar-refractivity contribution in [3.05, 3.63) is 81.3 Å². The Balaban J connectivity index is 1.98. The number of carbonyl (C=O) groups excluding carboxylic acids is 2. The molecule has 0 bridgehead atoms. The molecule has 0 amide bonds. The topological polar surface area (TPSA) is 39.1 Å². The van der Waals surface area contributed by atoms with E-state index in [1.165, 1.54) is 0 Å². The van der Waals surface area contributed by atoms with Crippen LogP contribution in [0, 0.1) is 0 Å². The summed E-state index contributed by atoms with van der Waals surface area (Å²) in [5.74, 6) is 0. The Bertz CT molecular complexity index is 1110. The average Bonchev–Trinajstić information content (AvgIpc) is 2.97. The summed E-state index contributed by atoms with van der Waals surface area (Å²) in [7, 11) is 0. The van der Waals surface area contributed by atoms with E-state index in [4.69, 9.17) is 23.2 Å². The molecule has 0 saturated carbocycles. The SMILES string of the molecule is O=Cc1ccc2c(c1)c1cc(C=O)ccc1n2Cc1ccc(Cl)c(Cl)c1. The third kappa shape index (κ3) is 2.79. The molecular formula is C21H13Cl2NO2. The maximum absolute atomic E-state index is 11.2. The van der Waals surface area contributed by atoms with E-state index in [2.05, 4.69) is 4.57 Å². The Morgan fingerprint density at radius 1 is 0.731 bits per heavy atom. The fraction of sp³-hybridized carbons (Fsp3) is 0.0476. The minimum atomic E-state index is 0.511. The molecule has 0 aliphatic heterocycles. The number of hydrogen-bond donors (Lipinski definition) is 0. The second kappa shape index (κ2) is 6.60. The van der Waals surface area contributed by atoms with Crippen molar-refractivity contribution >= 4 is 57.6 Å². The van der Waals surface area contributed by atoms with E-state index in [1.54, 1.807) is 18.2 Å². The van der Waals surface area contributed by atoms with Gasteiger partial charge in [0.2, 0.25) is 0 Å². The van der Waals surface area contributed by atoms with Crippen molar-refractivity contribution in [1.82, 2.24) is 4.57 Å². The molecule has 0 atom stereocenters. The quantitative estimate of drug-likeness (QED) is 0.420. The number of aromatic nitrogens is 1. The lowest BCUT2D eigenvalue weighted by Crippen LogP contribution is -1.99. The van der Waals surface area contributed by atoms with E-state index in [-0.39, 0.29) is 0 Å². The van der Waals surface area contributed by atoms with Gasteiger partial charge < -0.3 is 4.57 Å². The standard InChI is InChI=1S/C21H13Cl2NO2/c22-18-4-1-13(9-19(18)23)10-24-20-5-2-14(11-25)7-16(20)17-8-15(12-26)3-6-21(17)24/h1-9,11-12H,10H2. The third-order valence-electron chi connectivity index (χ3n) is 4.51. The summed E-state index contributed by atoms with van der Waals surface area (Å²) in [6.45, 7) is 0.595. The van der Waals surface area contributed by atoms with Crippen LogP contribution in [0.15, 0.2) is 54.6 Å². The first-order chi connectivity index (χ1) is 12.6.